The van der Waals surface area contributed by atoms with Gasteiger partial charge in [-0.25, -0.2) is 4.39 Å². The van der Waals surface area contributed by atoms with Gasteiger partial charge in [-0.1, -0.05) is 6.92 Å². The number of anilines is 3. The Balaban J connectivity index is 1.53. The van der Waals surface area contributed by atoms with Gasteiger partial charge in [0.15, 0.2) is 0 Å². The Kier molecular flexibility index (Phi) is 6.86. The maximum atomic E-state index is 13.1. The van der Waals surface area contributed by atoms with E-state index < -0.39 is 0 Å². The van der Waals surface area contributed by atoms with Gasteiger partial charge >= 0.3 is 0 Å². The van der Waals surface area contributed by atoms with Gasteiger partial charge < -0.3 is 15.1 Å². The normalized spacial score (nSPS) is 14.5. The SMILES string of the molecule is CC(=O)N(CCC(=O)Nc1ccc(N2CCC(C)CC2)cc1)c1ccc(F)cc1. The first-order chi connectivity index (χ1) is 13.9. The molecule has 5 nitrogen and oxygen atoms in total. The average molecular weight is 397 g/mol. The second-order valence-electron chi connectivity index (χ2n) is 7.66. The molecule has 154 valence electrons. The fourth-order valence-electron chi connectivity index (χ4n) is 3.55. The fraction of sp³-hybridized carbons (Fsp3) is 0.391. The molecule has 29 heavy (non-hydrogen) atoms. The van der Waals surface area contributed by atoms with Crippen LogP contribution in [0.3, 0.4) is 0 Å². The van der Waals surface area contributed by atoms with Crippen molar-refractivity contribution in [2.45, 2.75) is 33.1 Å². The second-order valence-corrected chi connectivity index (χ2v) is 7.66. The van der Waals surface area contributed by atoms with E-state index in [-0.39, 0.29) is 30.6 Å². The average Bonchev–Trinajstić information content (AvgIpc) is 2.70. The molecule has 0 spiro atoms. The van der Waals surface area contributed by atoms with Crippen LogP contribution >= 0.6 is 0 Å². The summed E-state index contributed by atoms with van der Waals surface area (Å²) in [5.74, 6) is 0.0642. The number of nitrogens with one attached hydrogen (secondary N) is 1. The van der Waals surface area contributed by atoms with E-state index in [1.807, 2.05) is 24.3 Å². The predicted molar refractivity (Wildman–Crippen MR) is 115 cm³/mol. The van der Waals surface area contributed by atoms with E-state index in [0.717, 1.165) is 24.7 Å². The zero-order valence-electron chi connectivity index (χ0n) is 17.0. The van der Waals surface area contributed by atoms with Gasteiger partial charge in [-0.3, -0.25) is 9.59 Å². The number of rotatable bonds is 6. The number of piperidine rings is 1. The molecule has 0 unspecified atom stereocenters. The minimum absolute atomic E-state index is 0.155. The summed E-state index contributed by atoms with van der Waals surface area (Å²) in [6.07, 6.45) is 2.57. The Bertz CT molecular complexity index is 828. The van der Waals surface area contributed by atoms with Crippen LogP contribution in [0.1, 0.15) is 33.1 Å². The molecule has 0 bridgehead atoms. The molecular formula is C23H28FN3O2. The molecule has 3 rings (SSSR count). The molecule has 0 atom stereocenters. The lowest BCUT2D eigenvalue weighted by molar-refractivity contribution is -0.117. The molecule has 1 N–H and O–H groups in total. The monoisotopic (exact) mass is 397 g/mol. The number of amides is 2. The number of hydrogen-bond acceptors (Lipinski definition) is 3. The number of carbonyl (C=O) groups is 2. The van der Waals surface area contributed by atoms with Crippen molar-refractivity contribution < 1.29 is 14.0 Å². The third-order valence-corrected chi connectivity index (χ3v) is 5.38. The molecule has 2 aromatic carbocycles. The van der Waals surface area contributed by atoms with Gasteiger partial charge in [0, 0.05) is 50.0 Å². The Morgan fingerprint density at radius 1 is 1.07 bits per heavy atom. The lowest BCUT2D eigenvalue weighted by atomic mass is 9.99. The van der Waals surface area contributed by atoms with Gasteiger partial charge in [0.25, 0.3) is 0 Å². The highest BCUT2D eigenvalue weighted by Crippen LogP contribution is 2.24. The van der Waals surface area contributed by atoms with Crippen LogP contribution in [-0.4, -0.2) is 31.4 Å². The molecule has 1 heterocycles. The van der Waals surface area contributed by atoms with Gasteiger partial charge in [0.1, 0.15) is 5.82 Å². The molecule has 0 aromatic heterocycles. The second kappa shape index (κ2) is 9.54. The summed E-state index contributed by atoms with van der Waals surface area (Å²) in [7, 11) is 0. The van der Waals surface area contributed by atoms with Gasteiger partial charge in [-0.05, 0) is 67.3 Å². The highest BCUT2D eigenvalue weighted by atomic mass is 19.1. The van der Waals surface area contributed by atoms with Crippen LogP contribution in [0.25, 0.3) is 0 Å². The zero-order chi connectivity index (χ0) is 20.8. The van der Waals surface area contributed by atoms with Crippen LogP contribution in [0.5, 0.6) is 0 Å². The summed E-state index contributed by atoms with van der Waals surface area (Å²) in [6.45, 7) is 6.09. The third kappa shape index (κ3) is 5.79. The maximum Gasteiger partial charge on any atom is 0.226 e. The molecule has 0 radical (unpaired) electrons. The molecule has 0 aliphatic carbocycles. The fourth-order valence-corrected chi connectivity index (χ4v) is 3.55. The van der Waals surface area contributed by atoms with Gasteiger partial charge in [0.2, 0.25) is 11.8 Å². The molecule has 1 fully saturated rings. The van der Waals surface area contributed by atoms with E-state index in [4.69, 9.17) is 0 Å². The third-order valence-electron chi connectivity index (χ3n) is 5.38. The first-order valence-electron chi connectivity index (χ1n) is 10.1. The predicted octanol–water partition coefficient (Wildman–Crippen LogP) is 4.44. The smallest absolute Gasteiger partial charge is 0.226 e. The summed E-state index contributed by atoms with van der Waals surface area (Å²) in [4.78, 5) is 28.1. The van der Waals surface area contributed by atoms with Crippen molar-refractivity contribution in [2.75, 3.05) is 34.8 Å². The van der Waals surface area contributed by atoms with Crippen LogP contribution in [0.15, 0.2) is 48.5 Å². The highest BCUT2D eigenvalue weighted by molar-refractivity contribution is 5.94. The Morgan fingerprint density at radius 2 is 1.69 bits per heavy atom. The van der Waals surface area contributed by atoms with Crippen LogP contribution < -0.4 is 15.1 Å². The Hall–Kier alpha value is -2.89. The largest absolute Gasteiger partial charge is 0.372 e. The first kappa shape index (κ1) is 20.8. The standard InChI is InChI=1S/C23H28FN3O2/c1-17-11-14-26(15-12-17)21-9-5-20(6-10-21)25-23(29)13-16-27(18(2)28)22-7-3-19(24)4-8-22/h3-10,17H,11-16H2,1-2H3,(H,25,29). The van der Waals surface area contributed by atoms with E-state index in [9.17, 15) is 14.0 Å². The molecule has 2 aromatic rings. The van der Waals surface area contributed by atoms with E-state index in [1.54, 1.807) is 0 Å². The lowest BCUT2D eigenvalue weighted by Crippen LogP contribution is -2.32. The number of nitrogens with zero attached hydrogens (tertiary/aromatic N) is 2. The van der Waals surface area contributed by atoms with Crippen LogP contribution in [0, 0.1) is 11.7 Å². The lowest BCUT2D eigenvalue weighted by Gasteiger charge is -2.32. The summed E-state index contributed by atoms with van der Waals surface area (Å²) in [5.41, 5.74) is 2.49. The van der Waals surface area contributed by atoms with Crippen molar-refractivity contribution in [3.05, 3.63) is 54.3 Å². The maximum absolute atomic E-state index is 13.1. The summed E-state index contributed by atoms with van der Waals surface area (Å²) in [6, 6.07) is 13.6. The summed E-state index contributed by atoms with van der Waals surface area (Å²) in [5, 5.41) is 2.88. The quantitative estimate of drug-likeness (QED) is 0.784. The number of halogens is 1. The molecule has 1 aliphatic rings. The van der Waals surface area contributed by atoms with E-state index in [0.29, 0.717) is 5.69 Å². The van der Waals surface area contributed by atoms with Gasteiger partial charge in [-0.2, -0.15) is 0 Å². The Morgan fingerprint density at radius 3 is 2.28 bits per heavy atom. The van der Waals surface area contributed by atoms with Gasteiger partial charge in [0.05, 0.1) is 0 Å². The minimum Gasteiger partial charge on any atom is -0.372 e. The van der Waals surface area contributed by atoms with Crippen molar-refractivity contribution >= 4 is 28.9 Å². The zero-order valence-corrected chi connectivity index (χ0v) is 17.0. The molecule has 6 heteroatoms. The van der Waals surface area contributed by atoms with Crippen LogP contribution in [0.2, 0.25) is 0 Å². The molecular weight excluding hydrogens is 369 g/mol. The number of benzene rings is 2. The molecule has 1 aliphatic heterocycles. The summed E-state index contributed by atoms with van der Waals surface area (Å²) >= 11 is 0. The summed E-state index contributed by atoms with van der Waals surface area (Å²) < 4.78 is 13.1. The van der Waals surface area contributed by atoms with E-state index in [2.05, 4.69) is 17.1 Å². The van der Waals surface area contributed by atoms with Crippen LogP contribution in [-0.2, 0) is 9.59 Å². The number of carbonyl (C=O) groups excluding carboxylic acids is 2. The molecule has 0 saturated carbocycles. The molecule has 2 amide bonds. The highest BCUT2D eigenvalue weighted by Gasteiger charge is 2.16. The van der Waals surface area contributed by atoms with Crippen molar-refractivity contribution in [1.29, 1.82) is 0 Å². The van der Waals surface area contributed by atoms with Crippen molar-refractivity contribution in [3.8, 4) is 0 Å². The van der Waals surface area contributed by atoms with Gasteiger partial charge in [-0.15, -0.1) is 0 Å². The minimum atomic E-state index is -0.363. The van der Waals surface area contributed by atoms with E-state index >= 15 is 0 Å². The molecule has 1 saturated heterocycles. The topological polar surface area (TPSA) is 52.7 Å². The van der Waals surface area contributed by atoms with E-state index in [1.165, 1.54) is 54.6 Å². The van der Waals surface area contributed by atoms with Crippen molar-refractivity contribution in [3.63, 3.8) is 0 Å². The van der Waals surface area contributed by atoms with Crippen LogP contribution in [0.4, 0.5) is 21.5 Å². The van der Waals surface area contributed by atoms with Crippen molar-refractivity contribution in [1.82, 2.24) is 0 Å². The first-order valence-corrected chi connectivity index (χ1v) is 10.1. The number of hydrogen-bond donors (Lipinski definition) is 1. The van der Waals surface area contributed by atoms with Crippen molar-refractivity contribution in [2.24, 2.45) is 5.92 Å². The Labute approximate surface area is 171 Å².